The summed E-state index contributed by atoms with van der Waals surface area (Å²) in [6, 6.07) is 4.14. The summed E-state index contributed by atoms with van der Waals surface area (Å²) >= 11 is 4.30. The van der Waals surface area contributed by atoms with Crippen molar-refractivity contribution in [3.63, 3.8) is 0 Å². The molecule has 6 nitrogen and oxygen atoms in total. The first-order chi connectivity index (χ1) is 14.7. The van der Waals surface area contributed by atoms with E-state index in [-0.39, 0.29) is 17.4 Å². The smallest absolute Gasteiger partial charge is 0.338 e. The van der Waals surface area contributed by atoms with Gasteiger partial charge in [-0.2, -0.15) is 12.6 Å². The molecule has 0 aliphatic carbocycles. The summed E-state index contributed by atoms with van der Waals surface area (Å²) in [6.07, 6.45) is 5.40. The number of nitrogens with one attached hydrogen (secondary N) is 1. The number of aromatic carboxylic acids is 1. The summed E-state index contributed by atoms with van der Waals surface area (Å²) in [4.78, 5) is 28.2. The van der Waals surface area contributed by atoms with Crippen molar-refractivity contribution in [3.8, 4) is 0 Å². The Labute approximate surface area is 188 Å². The van der Waals surface area contributed by atoms with Crippen molar-refractivity contribution in [1.82, 2.24) is 14.9 Å². The Morgan fingerprint density at radius 3 is 2.65 bits per heavy atom. The van der Waals surface area contributed by atoms with Gasteiger partial charge in [-0.05, 0) is 36.5 Å². The molecule has 0 aliphatic rings. The van der Waals surface area contributed by atoms with Crippen LogP contribution in [0, 0.1) is 17.7 Å². The lowest BCUT2D eigenvalue weighted by molar-refractivity contribution is -0.124. The van der Waals surface area contributed by atoms with Gasteiger partial charge >= 0.3 is 5.97 Å². The zero-order valence-electron chi connectivity index (χ0n) is 18.4. The third-order valence-corrected chi connectivity index (χ3v) is 5.51. The molecular formula is C23H32FN3O3S. The number of carboxylic acids is 1. The molecule has 1 unspecified atom stereocenters. The summed E-state index contributed by atoms with van der Waals surface area (Å²) in [6.45, 7) is 6.96. The molecule has 170 valence electrons. The Morgan fingerprint density at radius 1 is 1.32 bits per heavy atom. The number of carbonyl (C=O) groups is 2. The average Bonchev–Trinajstić information content (AvgIpc) is 3.09. The van der Waals surface area contributed by atoms with E-state index >= 15 is 0 Å². The second-order valence-corrected chi connectivity index (χ2v) is 8.59. The summed E-state index contributed by atoms with van der Waals surface area (Å²) in [5.41, 5.74) is 1.05. The van der Waals surface area contributed by atoms with Crippen LogP contribution in [0.2, 0.25) is 0 Å². The van der Waals surface area contributed by atoms with Crippen molar-refractivity contribution in [2.24, 2.45) is 11.8 Å². The van der Waals surface area contributed by atoms with E-state index in [9.17, 15) is 14.0 Å². The molecule has 0 saturated carbocycles. The molecule has 1 atom stereocenters. The number of rotatable bonds is 12. The van der Waals surface area contributed by atoms with Crippen molar-refractivity contribution in [2.75, 3.05) is 5.75 Å². The van der Waals surface area contributed by atoms with Gasteiger partial charge in [0.15, 0.2) is 0 Å². The summed E-state index contributed by atoms with van der Waals surface area (Å²) < 4.78 is 16.0. The first kappa shape index (κ1) is 24.9. The molecule has 31 heavy (non-hydrogen) atoms. The Kier molecular flexibility index (Phi) is 9.55. The van der Waals surface area contributed by atoms with Gasteiger partial charge in [0.1, 0.15) is 11.6 Å². The molecule has 1 aromatic heterocycles. The number of aromatic nitrogens is 2. The summed E-state index contributed by atoms with van der Waals surface area (Å²) in [5, 5.41) is 12.0. The van der Waals surface area contributed by atoms with Crippen molar-refractivity contribution in [1.29, 1.82) is 0 Å². The van der Waals surface area contributed by atoms with Crippen molar-refractivity contribution in [3.05, 3.63) is 52.9 Å². The van der Waals surface area contributed by atoms with Gasteiger partial charge in [0.05, 0.1) is 17.8 Å². The molecule has 0 spiro atoms. The number of halogens is 1. The Balaban J connectivity index is 2.14. The average molecular weight is 450 g/mol. The zero-order chi connectivity index (χ0) is 23.0. The summed E-state index contributed by atoms with van der Waals surface area (Å²) in [5.74, 6) is -0.434. The molecule has 2 N–H and O–H groups in total. The fraction of sp³-hybridized carbons (Fsp3) is 0.522. The molecule has 2 aromatic rings. The predicted octanol–water partition coefficient (Wildman–Crippen LogP) is 4.32. The van der Waals surface area contributed by atoms with E-state index in [1.807, 2.05) is 10.8 Å². The molecule has 8 heteroatoms. The van der Waals surface area contributed by atoms with E-state index in [2.05, 4.69) is 43.7 Å². The van der Waals surface area contributed by atoms with Crippen molar-refractivity contribution in [2.45, 2.75) is 59.5 Å². The van der Waals surface area contributed by atoms with E-state index in [4.69, 9.17) is 5.11 Å². The highest BCUT2D eigenvalue weighted by atomic mass is 32.1. The third-order valence-electron chi connectivity index (χ3n) is 5.07. The molecule has 0 aliphatic heterocycles. The molecular weight excluding hydrogens is 417 g/mol. The number of thiol groups is 1. The normalized spacial score (nSPS) is 12.2. The highest BCUT2D eigenvalue weighted by Crippen LogP contribution is 2.16. The van der Waals surface area contributed by atoms with Gasteiger partial charge in [-0.25, -0.2) is 14.2 Å². The molecule has 0 saturated heterocycles. The largest absolute Gasteiger partial charge is 0.478 e. The second kappa shape index (κ2) is 11.9. The molecule has 1 aromatic carbocycles. The molecule has 0 radical (unpaired) electrons. The van der Waals surface area contributed by atoms with Crippen molar-refractivity contribution < 1.29 is 19.1 Å². The van der Waals surface area contributed by atoms with Gasteiger partial charge < -0.3 is 15.0 Å². The number of benzene rings is 1. The van der Waals surface area contributed by atoms with E-state index in [1.165, 1.54) is 12.1 Å². The number of imidazole rings is 1. The third kappa shape index (κ3) is 7.38. The standard InChI is InChI=1S/C23H32FN3O3S/c1-4-5-6-21-26-18(11-25-22(28)17(14-31)9-15(2)3)13-27(21)12-16-7-8-19(23(29)30)20(24)10-16/h7-8,10,13,15,17,31H,4-6,9,11-12,14H2,1-3H3,(H,25,28)(H,29,30). The van der Waals surface area contributed by atoms with Crippen LogP contribution in [0.5, 0.6) is 0 Å². The number of hydrogen-bond donors (Lipinski definition) is 3. The Morgan fingerprint density at radius 2 is 2.06 bits per heavy atom. The minimum Gasteiger partial charge on any atom is -0.478 e. The SMILES string of the molecule is CCCCc1nc(CNC(=O)C(CS)CC(C)C)cn1Cc1ccc(C(=O)O)c(F)c1. The van der Waals surface area contributed by atoms with Crippen LogP contribution >= 0.6 is 12.6 Å². The quantitative estimate of drug-likeness (QED) is 0.422. The lowest BCUT2D eigenvalue weighted by atomic mass is 9.98. The predicted molar refractivity (Wildman–Crippen MR) is 122 cm³/mol. The molecule has 1 amide bonds. The lowest BCUT2D eigenvalue weighted by Gasteiger charge is -2.16. The molecule has 1 heterocycles. The highest BCUT2D eigenvalue weighted by molar-refractivity contribution is 7.80. The van der Waals surface area contributed by atoms with Crippen LogP contribution in [0.1, 0.15) is 67.5 Å². The van der Waals surface area contributed by atoms with Gasteiger partial charge in [0.2, 0.25) is 5.91 Å². The van der Waals surface area contributed by atoms with Gasteiger partial charge in [-0.1, -0.05) is 33.3 Å². The number of amides is 1. The highest BCUT2D eigenvalue weighted by Gasteiger charge is 2.19. The van der Waals surface area contributed by atoms with Gasteiger partial charge in [-0.3, -0.25) is 4.79 Å². The summed E-state index contributed by atoms with van der Waals surface area (Å²) in [7, 11) is 0. The zero-order valence-corrected chi connectivity index (χ0v) is 19.3. The maximum absolute atomic E-state index is 14.1. The number of unbranched alkanes of at least 4 members (excludes halogenated alkanes) is 1. The van der Waals surface area contributed by atoms with Gasteiger partial charge in [0, 0.05) is 30.8 Å². The lowest BCUT2D eigenvalue weighted by Crippen LogP contribution is -2.32. The van der Waals surface area contributed by atoms with Crippen LogP contribution in [0.15, 0.2) is 24.4 Å². The first-order valence-electron chi connectivity index (χ1n) is 10.7. The number of carbonyl (C=O) groups excluding carboxylic acids is 1. The molecule has 2 rings (SSSR count). The van der Waals surface area contributed by atoms with E-state index in [1.54, 1.807) is 6.07 Å². The van der Waals surface area contributed by atoms with Crippen LogP contribution in [0.25, 0.3) is 0 Å². The Hall–Kier alpha value is -2.35. The maximum atomic E-state index is 14.1. The fourth-order valence-corrected chi connectivity index (χ4v) is 3.77. The van der Waals surface area contributed by atoms with Crippen LogP contribution in [0.3, 0.4) is 0 Å². The number of aryl methyl sites for hydroxylation is 1. The van der Waals surface area contributed by atoms with Crippen LogP contribution in [-0.4, -0.2) is 32.3 Å². The monoisotopic (exact) mass is 449 g/mol. The Bertz CT molecular complexity index is 898. The second-order valence-electron chi connectivity index (χ2n) is 8.23. The van der Waals surface area contributed by atoms with E-state index < -0.39 is 11.8 Å². The topological polar surface area (TPSA) is 84.2 Å². The number of nitrogens with zero attached hydrogens (tertiary/aromatic N) is 2. The fourth-order valence-electron chi connectivity index (χ4n) is 3.45. The molecule has 0 fully saturated rings. The van der Waals surface area contributed by atoms with Crippen LogP contribution in [0.4, 0.5) is 4.39 Å². The number of hydrogen-bond acceptors (Lipinski definition) is 4. The minimum absolute atomic E-state index is 0.0281. The maximum Gasteiger partial charge on any atom is 0.338 e. The molecule has 0 bridgehead atoms. The van der Waals surface area contributed by atoms with E-state index in [0.29, 0.717) is 30.3 Å². The van der Waals surface area contributed by atoms with Crippen LogP contribution in [-0.2, 0) is 24.3 Å². The minimum atomic E-state index is -1.29. The van der Waals surface area contributed by atoms with Crippen molar-refractivity contribution >= 4 is 24.5 Å². The van der Waals surface area contributed by atoms with Gasteiger partial charge in [0.25, 0.3) is 0 Å². The first-order valence-corrected chi connectivity index (χ1v) is 11.3. The van der Waals surface area contributed by atoms with Crippen LogP contribution < -0.4 is 5.32 Å². The van der Waals surface area contributed by atoms with Gasteiger partial charge in [-0.15, -0.1) is 0 Å². The van der Waals surface area contributed by atoms with E-state index in [0.717, 1.165) is 37.2 Å². The number of carboxylic acid groups (broad SMARTS) is 1.